The second-order valence-corrected chi connectivity index (χ2v) is 6.83. The Hall–Kier alpha value is -1.28. The van der Waals surface area contributed by atoms with Crippen molar-refractivity contribution in [2.45, 2.75) is 45.6 Å². The maximum absolute atomic E-state index is 3.66. The van der Waals surface area contributed by atoms with Gasteiger partial charge in [0.1, 0.15) is 0 Å². The molecule has 2 heterocycles. The first-order valence-electron chi connectivity index (χ1n) is 7.15. The van der Waals surface area contributed by atoms with Crippen LogP contribution in [0.5, 0.6) is 0 Å². The third kappa shape index (κ3) is 2.42. The highest BCUT2D eigenvalue weighted by molar-refractivity contribution is 7.12. The Kier molecular flexibility index (Phi) is 3.36. The lowest BCUT2D eigenvalue weighted by Gasteiger charge is -2.08. The van der Waals surface area contributed by atoms with Crippen LogP contribution in [0.4, 0.5) is 5.69 Å². The third-order valence-electron chi connectivity index (χ3n) is 3.92. The number of nitrogens with one attached hydrogen (secondary N) is 1. The van der Waals surface area contributed by atoms with Crippen molar-refractivity contribution in [1.82, 2.24) is 0 Å². The van der Waals surface area contributed by atoms with E-state index in [1.807, 2.05) is 11.3 Å². The Morgan fingerprint density at radius 1 is 1.26 bits per heavy atom. The smallest absolute Gasteiger partial charge is 0.0647 e. The Morgan fingerprint density at radius 2 is 2.11 bits per heavy atom. The Morgan fingerprint density at radius 3 is 2.79 bits per heavy atom. The van der Waals surface area contributed by atoms with Gasteiger partial charge in [0.2, 0.25) is 0 Å². The molecule has 0 saturated carbocycles. The fraction of sp³-hybridized carbons (Fsp3) is 0.412. The summed E-state index contributed by atoms with van der Waals surface area (Å²) in [7, 11) is 0. The van der Waals surface area contributed by atoms with Gasteiger partial charge in [0.05, 0.1) is 6.04 Å². The molecule has 0 amide bonds. The molecule has 1 nitrogen and oxygen atoms in total. The van der Waals surface area contributed by atoms with Gasteiger partial charge in [0.25, 0.3) is 0 Å². The monoisotopic (exact) mass is 271 g/mol. The maximum Gasteiger partial charge on any atom is 0.0647 e. The van der Waals surface area contributed by atoms with Gasteiger partial charge in [-0.25, -0.2) is 0 Å². The van der Waals surface area contributed by atoms with E-state index in [2.05, 4.69) is 56.4 Å². The normalized spacial score (nSPS) is 17.6. The minimum Gasteiger partial charge on any atom is -0.377 e. The summed E-state index contributed by atoms with van der Waals surface area (Å²) >= 11 is 1.95. The Bertz CT molecular complexity index is 583. The number of hydrogen-bond acceptors (Lipinski definition) is 2. The van der Waals surface area contributed by atoms with E-state index in [9.17, 15) is 0 Å². The Balaban J connectivity index is 1.83. The molecule has 0 aliphatic carbocycles. The predicted octanol–water partition coefficient (Wildman–Crippen LogP) is 5.14. The van der Waals surface area contributed by atoms with Crippen LogP contribution in [0.25, 0.3) is 0 Å². The van der Waals surface area contributed by atoms with Crippen molar-refractivity contribution < 1.29 is 0 Å². The summed E-state index contributed by atoms with van der Waals surface area (Å²) in [4.78, 5) is 2.95. The summed E-state index contributed by atoms with van der Waals surface area (Å²) < 4.78 is 0. The molecular formula is C17H21NS. The molecule has 19 heavy (non-hydrogen) atoms. The number of thiophene rings is 1. The van der Waals surface area contributed by atoms with Gasteiger partial charge in [0, 0.05) is 15.4 Å². The van der Waals surface area contributed by atoms with E-state index in [-0.39, 0.29) is 0 Å². The highest BCUT2D eigenvalue weighted by Crippen LogP contribution is 2.38. The number of aryl methyl sites for hydroxylation is 1. The molecule has 2 heteroatoms. The minimum atomic E-state index is 0.475. The zero-order chi connectivity index (χ0) is 13.4. The van der Waals surface area contributed by atoms with Crippen LogP contribution < -0.4 is 5.32 Å². The standard InChI is InChI=1S/C17H21NS/c1-4-14-6-8-17(19-14)16-10-13-9-12(11(2)3)5-7-15(13)18-16/h5-9,11,16,18H,4,10H2,1-3H3. The summed E-state index contributed by atoms with van der Waals surface area (Å²) in [5.74, 6) is 0.609. The van der Waals surface area contributed by atoms with Crippen LogP contribution >= 0.6 is 11.3 Å². The SMILES string of the molecule is CCc1ccc(C2Cc3cc(C(C)C)ccc3N2)s1. The Labute approximate surface area is 119 Å². The van der Waals surface area contributed by atoms with Crippen molar-refractivity contribution in [2.75, 3.05) is 5.32 Å². The molecule has 0 saturated heterocycles. The molecule has 1 unspecified atom stereocenters. The van der Waals surface area contributed by atoms with Crippen molar-refractivity contribution in [3.05, 3.63) is 51.2 Å². The highest BCUT2D eigenvalue weighted by Gasteiger charge is 2.23. The average Bonchev–Trinajstić information content (AvgIpc) is 3.03. The van der Waals surface area contributed by atoms with Crippen LogP contribution in [0.15, 0.2) is 30.3 Å². The summed E-state index contributed by atoms with van der Waals surface area (Å²) in [5.41, 5.74) is 4.24. The second kappa shape index (κ2) is 5.01. The zero-order valence-electron chi connectivity index (χ0n) is 11.9. The van der Waals surface area contributed by atoms with Gasteiger partial charge < -0.3 is 5.32 Å². The van der Waals surface area contributed by atoms with E-state index >= 15 is 0 Å². The molecular weight excluding hydrogens is 250 g/mol. The number of hydrogen-bond donors (Lipinski definition) is 1. The van der Waals surface area contributed by atoms with E-state index in [0.29, 0.717) is 12.0 Å². The van der Waals surface area contributed by atoms with Crippen LogP contribution in [0.1, 0.15) is 53.6 Å². The van der Waals surface area contributed by atoms with Crippen LogP contribution in [0.2, 0.25) is 0 Å². The predicted molar refractivity (Wildman–Crippen MR) is 84.3 cm³/mol. The molecule has 2 aromatic rings. The molecule has 3 rings (SSSR count). The van der Waals surface area contributed by atoms with Crippen LogP contribution in [-0.2, 0) is 12.8 Å². The largest absolute Gasteiger partial charge is 0.377 e. The summed E-state index contributed by atoms with van der Waals surface area (Å²) in [6.45, 7) is 6.74. The fourth-order valence-corrected chi connectivity index (χ4v) is 3.69. The first-order valence-corrected chi connectivity index (χ1v) is 7.97. The van der Waals surface area contributed by atoms with Gasteiger partial charge in [-0.05, 0) is 48.1 Å². The molecule has 1 aromatic carbocycles. The topological polar surface area (TPSA) is 12.0 Å². The summed E-state index contributed by atoms with van der Waals surface area (Å²) in [6, 6.07) is 11.9. The lowest BCUT2D eigenvalue weighted by atomic mass is 9.99. The quantitative estimate of drug-likeness (QED) is 0.814. The van der Waals surface area contributed by atoms with Crippen LogP contribution in [0.3, 0.4) is 0 Å². The molecule has 100 valence electrons. The van der Waals surface area contributed by atoms with Crippen molar-refractivity contribution in [2.24, 2.45) is 0 Å². The molecule has 1 aliphatic rings. The van der Waals surface area contributed by atoms with E-state index in [1.165, 1.54) is 26.6 Å². The molecule has 0 bridgehead atoms. The minimum absolute atomic E-state index is 0.475. The summed E-state index contributed by atoms with van der Waals surface area (Å²) in [6.07, 6.45) is 2.27. The molecule has 1 aliphatic heterocycles. The molecule has 1 aromatic heterocycles. The maximum atomic E-state index is 3.66. The van der Waals surface area contributed by atoms with E-state index < -0.39 is 0 Å². The second-order valence-electron chi connectivity index (χ2n) is 5.63. The summed E-state index contributed by atoms with van der Waals surface area (Å²) in [5, 5.41) is 3.66. The van der Waals surface area contributed by atoms with Crippen LogP contribution in [-0.4, -0.2) is 0 Å². The highest BCUT2D eigenvalue weighted by atomic mass is 32.1. The van der Waals surface area contributed by atoms with Crippen molar-refractivity contribution in [3.63, 3.8) is 0 Å². The molecule has 0 fully saturated rings. The van der Waals surface area contributed by atoms with Gasteiger partial charge in [-0.3, -0.25) is 0 Å². The van der Waals surface area contributed by atoms with Gasteiger partial charge in [-0.1, -0.05) is 32.9 Å². The number of fused-ring (bicyclic) bond motifs is 1. The number of anilines is 1. The van der Waals surface area contributed by atoms with E-state index in [4.69, 9.17) is 0 Å². The van der Waals surface area contributed by atoms with Crippen LogP contribution in [0, 0.1) is 0 Å². The number of rotatable bonds is 3. The van der Waals surface area contributed by atoms with E-state index in [1.54, 1.807) is 0 Å². The lowest BCUT2D eigenvalue weighted by molar-refractivity contribution is 0.835. The average molecular weight is 271 g/mol. The van der Waals surface area contributed by atoms with Crippen molar-refractivity contribution >= 4 is 17.0 Å². The zero-order valence-corrected chi connectivity index (χ0v) is 12.7. The van der Waals surface area contributed by atoms with Gasteiger partial charge >= 0.3 is 0 Å². The van der Waals surface area contributed by atoms with Gasteiger partial charge in [-0.2, -0.15) is 0 Å². The first kappa shape index (κ1) is 12.7. The molecule has 0 radical (unpaired) electrons. The van der Waals surface area contributed by atoms with Crippen molar-refractivity contribution in [3.8, 4) is 0 Å². The molecule has 0 spiro atoms. The lowest BCUT2D eigenvalue weighted by Crippen LogP contribution is -2.02. The molecule has 1 atom stereocenters. The first-order chi connectivity index (χ1) is 9.17. The van der Waals surface area contributed by atoms with E-state index in [0.717, 1.165) is 12.8 Å². The molecule has 1 N–H and O–H groups in total. The fourth-order valence-electron chi connectivity index (χ4n) is 2.68. The third-order valence-corrected chi connectivity index (χ3v) is 5.27. The van der Waals surface area contributed by atoms with Gasteiger partial charge in [-0.15, -0.1) is 11.3 Å². The van der Waals surface area contributed by atoms with Crippen molar-refractivity contribution in [1.29, 1.82) is 0 Å². The number of benzene rings is 1. The van der Waals surface area contributed by atoms with Gasteiger partial charge in [0.15, 0.2) is 0 Å².